The molecule has 6 heteroatoms. The summed E-state index contributed by atoms with van der Waals surface area (Å²) in [5.41, 5.74) is -0.642. The summed E-state index contributed by atoms with van der Waals surface area (Å²) in [6.07, 6.45) is 1.13. The van der Waals surface area contributed by atoms with Gasteiger partial charge in [-0.25, -0.2) is 9.59 Å². The summed E-state index contributed by atoms with van der Waals surface area (Å²) in [7, 11) is 0. The van der Waals surface area contributed by atoms with Crippen LogP contribution in [0.2, 0.25) is 0 Å². The van der Waals surface area contributed by atoms with E-state index in [0.29, 0.717) is 12.8 Å². The Morgan fingerprint density at radius 1 is 1.29 bits per heavy atom. The number of amides is 1. The lowest BCUT2D eigenvalue weighted by Gasteiger charge is -2.48. The predicted molar refractivity (Wildman–Crippen MR) is 74.6 cm³/mol. The molecule has 6 nitrogen and oxygen atoms in total. The van der Waals surface area contributed by atoms with Crippen molar-refractivity contribution in [1.29, 1.82) is 0 Å². The standard InChI is InChI=1S/C15H23NO5/c1-5-20-13(18)12-10-7-6-9(8-11(10)17)16(12)14(19)21-15(2,3)4/h9-10,12H,5-8H2,1-4H3/t9-,10+,12-/m1/s1. The fourth-order valence-electron chi connectivity index (χ4n) is 3.09. The highest BCUT2D eigenvalue weighted by Gasteiger charge is 2.53. The van der Waals surface area contributed by atoms with E-state index in [-0.39, 0.29) is 18.4 Å². The van der Waals surface area contributed by atoms with Crippen LogP contribution in [0.15, 0.2) is 0 Å². The zero-order valence-corrected chi connectivity index (χ0v) is 13.0. The largest absolute Gasteiger partial charge is 0.464 e. The molecule has 2 saturated heterocycles. The van der Waals surface area contributed by atoms with Crippen LogP contribution in [0, 0.1) is 5.92 Å². The van der Waals surface area contributed by atoms with E-state index in [1.54, 1.807) is 27.7 Å². The first-order valence-electron chi connectivity index (χ1n) is 7.45. The number of esters is 1. The van der Waals surface area contributed by atoms with Crippen molar-refractivity contribution in [2.75, 3.05) is 6.61 Å². The maximum atomic E-state index is 12.4. The van der Waals surface area contributed by atoms with Gasteiger partial charge in [-0.05, 0) is 40.5 Å². The lowest BCUT2D eigenvalue weighted by molar-refractivity contribution is -0.162. The number of nitrogens with zero attached hydrogens (tertiary/aromatic N) is 1. The second kappa shape index (κ2) is 5.66. The topological polar surface area (TPSA) is 72.9 Å². The molecule has 0 aromatic rings. The lowest BCUT2D eigenvalue weighted by Crippen LogP contribution is -2.64. The molecule has 3 aliphatic rings. The maximum absolute atomic E-state index is 12.4. The van der Waals surface area contributed by atoms with Crippen LogP contribution < -0.4 is 0 Å². The highest BCUT2D eigenvalue weighted by molar-refractivity contribution is 5.94. The van der Waals surface area contributed by atoms with Crippen molar-refractivity contribution in [3.05, 3.63) is 0 Å². The van der Waals surface area contributed by atoms with Crippen molar-refractivity contribution in [3.8, 4) is 0 Å². The van der Waals surface area contributed by atoms with E-state index in [1.165, 1.54) is 4.90 Å². The molecule has 118 valence electrons. The SMILES string of the molecule is CCOC(=O)[C@H]1[C@H]2CC[C@H](CC2=O)N1C(=O)OC(C)(C)C. The van der Waals surface area contributed by atoms with E-state index >= 15 is 0 Å². The number of ketones is 1. The van der Waals surface area contributed by atoms with Crippen molar-refractivity contribution in [3.63, 3.8) is 0 Å². The number of carbonyl (C=O) groups excluding carboxylic acids is 3. The lowest BCUT2D eigenvalue weighted by atomic mass is 9.74. The van der Waals surface area contributed by atoms with Gasteiger partial charge in [-0.15, -0.1) is 0 Å². The molecule has 0 spiro atoms. The van der Waals surface area contributed by atoms with Gasteiger partial charge in [-0.1, -0.05) is 0 Å². The van der Waals surface area contributed by atoms with Crippen molar-refractivity contribution < 1.29 is 23.9 Å². The van der Waals surface area contributed by atoms with Crippen LogP contribution >= 0.6 is 0 Å². The Balaban J connectivity index is 2.25. The number of piperidine rings is 2. The Labute approximate surface area is 124 Å². The first-order chi connectivity index (χ1) is 9.74. The minimum atomic E-state index is -0.834. The van der Waals surface area contributed by atoms with Gasteiger partial charge in [0, 0.05) is 18.4 Å². The molecule has 0 N–H and O–H groups in total. The fourth-order valence-corrected chi connectivity index (χ4v) is 3.09. The van der Waals surface area contributed by atoms with Crippen molar-refractivity contribution in [1.82, 2.24) is 4.90 Å². The third kappa shape index (κ3) is 3.19. The minimum Gasteiger partial charge on any atom is -0.464 e. The van der Waals surface area contributed by atoms with Crippen LogP contribution in [-0.4, -0.2) is 47.0 Å². The van der Waals surface area contributed by atoms with E-state index in [4.69, 9.17) is 9.47 Å². The second-order valence-electron chi connectivity index (χ2n) is 6.59. The molecule has 0 radical (unpaired) electrons. The van der Waals surface area contributed by atoms with E-state index in [0.717, 1.165) is 6.42 Å². The van der Waals surface area contributed by atoms with Gasteiger partial charge >= 0.3 is 12.1 Å². The van der Waals surface area contributed by atoms with Crippen LogP contribution in [0.4, 0.5) is 4.79 Å². The second-order valence-corrected chi connectivity index (χ2v) is 6.59. The summed E-state index contributed by atoms with van der Waals surface area (Å²) >= 11 is 0. The number of hydrogen-bond donors (Lipinski definition) is 0. The number of ether oxygens (including phenoxy) is 2. The predicted octanol–water partition coefficient (Wildman–Crippen LogP) is 1.91. The highest BCUT2D eigenvalue weighted by atomic mass is 16.6. The van der Waals surface area contributed by atoms with Gasteiger partial charge in [0.25, 0.3) is 0 Å². The van der Waals surface area contributed by atoms with Crippen molar-refractivity contribution >= 4 is 17.8 Å². The van der Waals surface area contributed by atoms with Gasteiger partial charge < -0.3 is 9.47 Å². The van der Waals surface area contributed by atoms with Crippen molar-refractivity contribution in [2.45, 2.75) is 64.6 Å². The van der Waals surface area contributed by atoms with E-state index in [9.17, 15) is 14.4 Å². The van der Waals surface area contributed by atoms with Gasteiger partial charge in [0.15, 0.2) is 0 Å². The Bertz CT molecular complexity index is 453. The van der Waals surface area contributed by atoms with Crippen LogP contribution in [0.1, 0.15) is 47.0 Å². The van der Waals surface area contributed by atoms with Gasteiger partial charge in [0.1, 0.15) is 17.4 Å². The Kier molecular flexibility index (Phi) is 4.25. The first-order valence-corrected chi connectivity index (χ1v) is 7.45. The Morgan fingerprint density at radius 2 is 1.95 bits per heavy atom. The molecule has 2 aliphatic heterocycles. The molecule has 1 saturated carbocycles. The third-order valence-corrected chi connectivity index (χ3v) is 3.87. The zero-order chi connectivity index (χ0) is 15.8. The van der Waals surface area contributed by atoms with Gasteiger partial charge in [0.2, 0.25) is 0 Å². The molecule has 0 aromatic carbocycles. The quantitative estimate of drug-likeness (QED) is 0.728. The molecular formula is C15H23NO5. The highest BCUT2D eigenvalue weighted by Crippen LogP contribution is 2.38. The van der Waals surface area contributed by atoms with Crippen molar-refractivity contribution in [2.24, 2.45) is 5.92 Å². The number of carbonyl (C=O) groups is 3. The molecule has 3 atom stereocenters. The third-order valence-electron chi connectivity index (χ3n) is 3.87. The monoisotopic (exact) mass is 297 g/mol. The average Bonchev–Trinajstić information content (AvgIpc) is 2.36. The van der Waals surface area contributed by atoms with Crippen LogP contribution in [-0.2, 0) is 19.1 Å². The molecule has 1 amide bonds. The molecular weight excluding hydrogens is 274 g/mol. The molecule has 0 unspecified atom stereocenters. The number of rotatable bonds is 2. The van der Waals surface area contributed by atoms with E-state index in [2.05, 4.69) is 0 Å². The smallest absolute Gasteiger partial charge is 0.411 e. The molecule has 0 aromatic heterocycles. The average molecular weight is 297 g/mol. The molecule has 2 bridgehead atoms. The summed E-state index contributed by atoms with van der Waals surface area (Å²) in [6, 6.07) is -1.09. The minimum absolute atomic E-state index is 0.0455. The number of hydrogen-bond acceptors (Lipinski definition) is 5. The summed E-state index contributed by atoms with van der Waals surface area (Å²) in [6.45, 7) is 7.26. The summed E-state index contributed by atoms with van der Waals surface area (Å²) in [5.74, 6) is -0.920. The molecule has 1 aliphatic carbocycles. The number of fused-ring (bicyclic) bond motifs is 3. The molecule has 3 fully saturated rings. The summed E-state index contributed by atoms with van der Waals surface area (Å²) in [5, 5.41) is 0. The summed E-state index contributed by atoms with van der Waals surface area (Å²) in [4.78, 5) is 38.1. The first kappa shape index (κ1) is 15.8. The van der Waals surface area contributed by atoms with Crippen LogP contribution in [0.5, 0.6) is 0 Å². The van der Waals surface area contributed by atoms with Crippen LogP contribution in [0.3, 0.4) is 0 Å². The molecule has 21 heavy (non-hydrogen) atoms. The van der Waals surface area contributed by atoms with Gasteiger partial charge in [0.05, 0.1) is 6.61 Å². The maximum Gasteiger partial charge on any atom is 0.411 e. The van der Waals surface area contributed by atoms with Gasteiger partial charge in [-0.3, -0.25) is 9.69 Å². The fraction of sp³-hybridized carbons (Fsp3) is 0.800. The Morgan fingerprint density at radius 3 is 2.48 bits per heavy atom. The zero-order valence-electron chi connectivity index (χ0n) is 13.0. The Hall–Kier alpha value is -1.59. The summed E-state index contributed by atoms with van der Waals surface area (Å²) < 4.78 is 10.4. The normalized spacial score (nSPS) is 28.5. The molecule has 2 heterocycles. The number of Topliss-reactive ketones (excluding diaryl/α,β-unsaturated/α-hetero) is 1. The molecule has 3 rings (SSSR count). The van der Waals surface area contributed by atoms with E-state index < -0.39 is 29.6 Å². The van der Waals surface area contributed by atoms with E-state index in [1.807, 2.05) is 0 Å². The van der Waals surface area contributed by atoms with Gasteiger partial charge in [-0.2, -0.15) is 0 Å². The van der Waals surface area contributed by atoms with Crippen LogP contribution in [0.25, 0.3) is 0 Å².